The van der Waals surface area contributed by atoms with Gasteiger partial charge in [0.2, 0.25) is 0 Å². The summed E-state index contributed by atoms with van der Waals surface area (Å²) in [6.45, 7) is 0. The van der Waals surface area contributed by atoms with Crippen molar-refractivity contribution in [2.45, 2.75) is 6.18 Å². The monoisotopic (exact) mass is 264 g/mol. The van der Waals surface area contributed by atoms with Crippen LogP contribution in [0.15, 0.2) is 24.3 Å². The van der Waals surface area contributed by atoms with E-state index in [1.54, 1.807) is 0 Å². The topological polar surface area (TPSA) is 49.4 Å². The van der Waals surface area contributed by atoms with Crippen LogP contribution < -0.4 is 55.6 Å². The molecule has 0 saturated carbocycles. The van der Waals surface area contributed by atoms with Crippen molar-refractivity contribution in [1.29, 1.82) is 0 Å². The predicted molar refractivity (Wildman–Crippen MR) is 41.0 cm³/mol. The van der Waals surface area contributed by atoms with E-state index in [9.17, 15) is 21.9 Å². The molecular formula is C7H4F3KO3S. The third-order valence-corrected chi connectivity index (χ3v) is 1.67. The number of halogens is 3. The quantitative estimate of drug-likeness (QED) is 0.502. The van der Waals surface area contributed by atoms with Gasteiger partial charge in [-0.2, -0.15) is 13.2 Å². The molecule has 0 radical (unpaired) electrons. The Morgan fingerprint density at radius 3 is 2.27 bits per heavy atom. The first-order chi connectivity index (χ1) is 6.41. The molecule has 0 aliphatic rings. The van der Waals surface area contributed by atoms with Crippen molar-refractivity contribution < 1.29 is 77.5 Å². The summed E-state index contributed by atoms with van der Waals surface area (Å²) in [5.74, 6) is -0.728. The third kappa shape index (κ3) is 4.94. The summed E-state index contributed by atoms with van der Waals surface area (Å²) in [6, 6.07) is 4.06. The van der Waals surface area contributed by atoms with Crippen LogP contribution in [0, 0.1) is 0 Å². The summed E-state index contributed by atoms with van der Waals surface area (Å²) in [4.78, 5) is 0. The van der Waals surface area contributed by atoms with Crippen molar-refractivity contribution in [1.82, 2.24) is 0 Å². The van der Waals surface area contributed by atoms with Crippen LogP contribution in [0.2, 0.25) is 0 Å². The molecule has 0 bridgehead atoms. The summed E-state index contributed by atoms with van der Waals surface area (Å²) in [5.41, 5.74) is -1.12. The maximum absolute atomic E-state index is 12.2. The first-order valence-electron chi connectivity index (χ1n) is 3.35. The van der Waals surface area contributed by atoms with Crippen molar-refractivity contribution in [3.63, 3.8) is 0 Å². The minimum atomic E-state index is -4.63. The van der Waals surface area contributed by atoms with E-state index in [4.69, 9.17) is 0 Å². The van der Waals surface area contributed by atoms with Gasteiger partial charge in [-0.05, 0) is 12.1 Å². The van der Waals surface area contributed by atoms with Crippen molar-refractivity contribution in [2.75, 3.05) is 0 Å². The average molecular weight is 264 g/mol. The molecule has 0 aliphatic heterocycles. The zero-order valence-electron chi connectivity index (χ0n) is 7.58. The van der Waals surface area contributed by atoms with Gasteiger partial charge in [-0.25, -0.2) is 4.21 Å². The van der Waals surface area contributed by atoms with Crippen LogP contribution in [-0.2, 0) is 17.5 Å². The molecule has 8 heteroatoms. The Hall–Kier alpha value is 0.556. The molecule has 0 saturated heterocycles. The molecule has 1 rings (SSSR count). The molecule has 0 aliphatic carbocycles. The van der Waals surface area contributed by atoms with Crippen molar-refractivity contribution in [3.05, 3.63) is 29.8 Å². The zero-order chi connectivity index (χ0) is 10.8. The van der Waals surface area contributed by atoms with Crippen LogP contribution in [0.1, 0.15) is 5.56 Å². The van der Waals surface area contributed by atoms with E-state index in [0.717, 1.165) is 18.2 Å². The van der Waals surface area contributed by atoms with Gasteiger partial charge in [-0.3, -0.25) is 0 Å². The summed E-state index contributed by atoms with van der Waals surface area (Å²) >= 11 is -3.01. The average Bonchev–Trinajstić information content (AvgIpc) is 2.01. The Kier molecular flexibility index (Phi) is 6.57. The van der Waals surface area contributed by atoms with E-state index in [0.29, 0.717) is 0 Å². The van der Waals surface area contributed by atoms with Gasteiger partial charge in [0.05, 0.1) is 5.56 Å². The maximum atomic E-state index is 12.2. The predicted octanol–water partition coefficient (Wildman–Crippen LogP) is -1.12. The van der Waals surface area contributed by atoms with Crippen LogP contribution >= 0.6 is 0 Å². The molecule has 1 aromatic rings. The Labute approximate surface area is 129 Å². The Morgan fingerprint density at radius 1 is 1.27 bits per heavy atom. The first kappa shape index (κ1) is 15.6. The fraction of sp³-hybridized carbons (Fsp3) is 0.143. The van der Waals surface area contributed by atoms with Crippen molar-refractivity contribution in [3.8, 4) is 5.75 Å². The zero-order valence-corrected chi connectivity index (χ0v) is 11.5. The van der Waals surface area contributed by atoms with Crippen LogP contribution in [0.4, 0.5) is 13.2 Å². The molecule has 15 heavy (non-hydrogen) atoms. The van der Waals surface area contributed by atoms with Crippen LogP contribution in [0.3, 0.4) is 0 Å². The molecular weight excluding hydrogens is 260 g/mol. The SMILES string of the molecule is O=S([O-])Oc1ccccc1C(F)(F)F.[K+]. The minimum Gasteiger partial charge on any atom is -0.740 e. The fourth-order valence-corrected chi connectivity index (χ4v) is 1.14. The van der Waals surface area contributed by atoms with Crippen molar-refractivity contribution >= 4 is 11.4 Å². The number of rotatable bonds is 2. The first-order valence-corrected chi connectivity index (χ1v) is 4.35. The Bertz CT molecular complexity index is 356. The molecule has 1 atom stereocenters. The van der Waals surface area contributed by atoms with E-state index >= 15 is 0 Å². The molecule has 0 N–H and O–H groups in total. The van der Waals surface area contributed by atoms with E-state index in [2.05, 4.69) is 4.18 Å². The van der Waals surface area contributed by atoms with Crippen LogP contribution in [-0.4, -0.2) is 8.76 Å². The number of hydrogen-bond donors (Lipinski definition) is 0. The molecule has 0 heterocycles. The minimum absolute atomic E-state index is 0. The normalized spacial score (nSPS) is 12.8. The summed E-state index contributed by atoms with van der Waals surface area (Å²) < 4.78 is 60.7. The molecule has 0 aromatic heterocycles. The van der Waals surface area contributed by atoms with Gasteiger partial charge in [0, 0.05) is 0 Å². The summed E-state index contributed by atoms with van der Waals surface area (Å²) in [6.07, 6.45) is -4.63. The van der Waals surface area contributed by atoms with E-state index in [1.807, 2.05) is 0 Å². The molecule has 1 aromatic carbocycles. The number of benzene rings is 1. The van der Waals surface area contributed by atoms with Gasteiger partial charge in [0.25, 0.3) is 0 Å². The second-order valence-electron chi connectivity index (χ2n) is 2.28. The largest absolute Gasteiger partial charge is 1.00 e. The van der Waals surface area contributed by atoms with Gasteiger partial charge in [0.1, 0.15) is 11.4 Å². The second kappa shape index (κ2) is 6.33. The van der Waals surface area contributed by atoms with Gasteiger partial charge < -0.3 is 8.74 Å². The molecule has 78 valence electrons. The third-order valence-electron chi connectivity index (χ3n) is 1.35. The van der Waals surface area contributed by atoms with E-state index < -0.39 is 28.9 Å². The number of alkyl halides is 3. The molecule has 1 unspecified atom stereocenters. The van der Waals surface area contributed by atoms with Gasteiger partial charge >= 0.3 is 57.6 Å². The van der Waals surface area contributed by atoms with Gasteiger partial charge in [0.15, 0.2) is 5.75 Å². The molecule has 0 amide bonds. The van der Waals surface area contributed by atoms with E-state index in [1.165, 1.54) is 6.07 Å². The smallest absolute Gasteiger partial charge is 0.740 e. The standard InChI is InChI=1S/C7H5F3O3S.K/c8-7(9,10)5-3-1-2-4-6(5)13-14(11)12;/h1-4H,(H,11,12);/q;+1/p-1. The molecule has 3 nitrogen and oxygen atoms in total. The molecule has 0 fully saturated rings. The van der Waals surface area contributed by atoms with Gasteiger partial charge in [-0.1, -0.05) is 12.1 Å². The van der Waals surface area contributed by atoms with Crippen LogP contribution in [0.25, 0.3) is 0 Å². The maximum Gasteiger partial charge on any atom is 1.00 e. The van der Waals surface area contributed by atoms with Gasteiger partial charge in [-0.15, -0.1) is 0 Å². The second-order valence-corrected chi connectivity index (χ2v) is 2.86. The van der Waals surface area contributed by atoms with E-state index in [-0.39, 0.29) is 51.4 Å². The Morgan fingerprint density at radius 2 is 1.80 bits per heavy atom. The van der Waals surface area contributed by atoms with Crippen LogP contribution in [0.5, 0.6) is 5.75 Å². The summed E-state index contributed by atoms with van der Waals surface area (Å²) in [7, 11) is 0. The Balaban J connectivity index is 0.00000196. The number of hydrogen-bond acceptors (Lipinski definition) is 3. The molecule has 0 spiro atoms. The number of para-hydroxylation sites is 1. The fourth-order valence-electron chi connectivity index (χ4n) is 0.847. The summed E-state index contributed by atoms with van der Waals surface area (Å²) in [5, 5.41) is 0. The van der Waals surface area contributed by atoms with Crippen molar-refractivity contribution in [2.24, 2.45) is 0 Å².